The molecule has 154 valence electrons. The van der Waals surface area contributed by atoms with Gasteiger partial charge in [-0.3, -0.25) is 4.79 Å². The standard InChI is InChI=1S/C20H27NO6S/c1-11-12(2)17(13(3)14-8-9-19(4,5)27-16(11)14)28(24,25)21-15(22)10-20(21,6)18(23)26-7/h8-10H2,1-7H3/t20-/m0/s1. The Bertz CT molecular complexity index is 995. The molecule has 1 saturated heterocycles. The van der Waals surface area contributed by atoms with Crippen molar-refractivity contribution in [2.45, 2.75) is 76.8 Å². The number of ether oxygens (including phenoxy) is 2. The van der Waals surface area contributed by atoms with Gasteiger partial charge in [-0.05, 0) is 76.6 Å². The van der Waals surface area contributed by atoms with Crippen LogP contribution in [0.25, 0.3) is 0 Å². The van der Waals surface area contributed by atoms with Gasteiger partial charge >= 0.3 is 5.97 Å². The van der Waals surface area contributed by atoms with E-state index >= 15 is 0 Å². The Balaban J connectivity index is 2.21. The summed E-state index contributed by atoms with van der Waals surface area (Å²) in [6.07, 6.45) is 1.24. The highest BCUT2D eigenvalue weighted by atomic mass is 32.2. The van der Waals surface area contributed by atoms with Crippen LogP contribution in [0.15, 0.2) is 4.90 Å². The van der Waals surface area contributed by atoms with E-state index in [1.807, 2.05) is 20.8 Å². The summed E-state index contributed by atoms with van der Waals surface area (Å²) in [6, 6.07) is 0. The van der Waals surface area contributed by atoms with E-state index in [0.717, 1.165) is 23.3 Å². The number of hydrogen-bond donors (Lipinski definition) is 0. The molecule has 0 N–H and O–H groups in total. The van der Waals surface area contributed by atoms with Crippen LogP contribution in [-0.2, 0) is 30.8 Å². The number of esters is 1. The van der Waals surface area contributed by atoms with E-state index in [-0.39, 0.29) is 16.9 Å². The molecule has 0 bridgehead atoms. The van der Waals surface area contributed by atoms with E-state index in [1.165, 1.54) is 14.0 Å². The molecule has 0 aromatic heterocycles. The highest BCUT2D eigenvalue weighted by Gasteiger charge is 2.60. The summed E-state index contributed by atoms with van der Waals surface area (Å²) < 4.78 is 38.6. The highest BCUT2D eigenvalue weighted by molar-refractivity contribution is 7.90. The Morgan fingerprint density at radius 3 is 2.25 bits per heavy atom. The third-order valence-electron chi connectivity index (χ3n) is 5.96. The Hall–Kier alpha value is -2.09. The Morgan fingerprint density at radius 1 is 1.11 bits per heavy atom. The van der Waals surface area contributed by atoms with Gasteiger partial charge in [0.15, 0.2) is 5.54 Å². The van der Waals surface area contributed by atoms with Crippen LogP contribution in [0, 0.1) is 20.8 Å². The van der Waals surface area contributed by atoms with Gasteiger partial charge in [-0.15, -0.1) is 0 Å². The number of carbonyl (C=O) groups excluding carboxylic acids is 2. The summed E-state index contributed by atoms with van der Waals surface area (Å²) in [4.78, 5) is 24.6. The zero-order chi connectivity index (χ0) is 21.2. The number of sulfonamides is 1. The van der Waals surface area contributed by atoms with Gasteiger partial charge in [0.25, 0.3) is 10.0 Å². The first-order valence-electron chi connectivity index (χ1n) is 9.26. The number of nitrogens with zero attached hydrogens (tertiary/aromatic N) is 1. The van der Waals surface area contributed by atoms with Gasteiger partial charge in [0.2, 0.25) is 5.91 Å². The van der Waals surface area contributed by atoms with Crippen LogP contribution in [0.1, 0.15) is 55.9 Å². The molecule has 2 aliphatic rings. The van der Waals surface area contributed by atoms with Crippen molar-refractivity contribution in [2.24, 2.45) is 0 Å². The lowest BCUT2D eigenvalue weighted by Crippen LogP contribution is -2.68. The molecule has 0 unspecified atom stereocenters. The topological polar surface area (TPSA) is 90.0 Å². The van der Waals surface area contributed by atoms with Crippen LogP contribution in [-0.4, -0.2) is 42.8 Å². The van der Waals surface area contributed by atoms with Gasteiger partial charge < -0.3 is 9.47 Å². The van der Waals surface area contributed by atoms with E-state index in [1.54, 1.807) is 13.8 Å². The summed E-state index contributed by atoms with van der Waals surface area (Å²) >= 11 is 0. The maximum Gasteiger partial charge on any atom is 0.333 e. The zero-order valence-corrected chi connectivity index (χ0v) is 18.2. The summed E-state index contributed by atoms with van der Waals surface area (Å²) in [5, 5.41) is 0. The first-order valence-corrected chi connectivity index (χ1v) is 10.7. The van der Waals surface area contributed by atoms with Crippen LogP contribution in [0.5, 0.6) is 5.75 Å². The molecule has 2 heterocycles. The second kappa shape index (κ2) is 6.20. The predicted molar refractivity (Wildman–Crippen MR) is 103 cm³/mol. The van der Waals surface area contributed by atoms with Crippen LogP contribution in [0.3, 0.4) is 0 Å². The zero-order valence-electron chi connectivity index (χ0n) is 17.4. The van der Waals surface area contributed by atoms with Gasteiger partial charge in [0.1, 0.15) is 11.4 Å². The molecule has 1 aromatic rings. The molecule has 1 atom stereocenters. The number of methoxy groups -OCH3 is 1. The average Bonchev–Trinajstić information content (AvgIpc) is 2.56. The van der Waals surface area contributed by atoms with E-state index < -0.39 is 27.4 Å². The third-order valence-corrected chi connectivity index (χ3v) is 8.18. The van der Waals surface area contributed by atoms with Crippen molar-refractivity contribution in [3.63, 3.8) is 0 Å². The number of fused-ring (bicyclic) bond motifs is 1. The van der Waals surface area contributed by atoms with Crippen LogP contribution >= 0.6 is 0 Å². The summed E-state index contributed by atoms with van der Waals surface area (Å²) in [6.45, 7) is 10.7. The maximum absolute atomic E-state index is 13.5. The maximum atomic E-state index is 13.5. The largest absolute Gasteiger partial charge is 0.487 e. The molecule has 1 aromatic carbocycles. The number of amides is 1. The molecular weight excluding hydrogens is 382 g/mol. The lowest BCUT2D eigenvalue weighted by Gasteiger charge is -2.46. The smallest absolute Gasteiger partial charge is 0.333 e. The van der Waals surface area contributed by atoms with Crippen LogP contribution in [0.4, 0.5) is 0 Å². The number of β-lactam (4-membered cyclic amide) rings is 1. The highest BCUT2D eigenvalue weighted by Crippen LogP contribution is 2.45. The van der Waals surface area contributed by atoms with Crippen molar-refractivity contribution in [2.75, 3.05) is 7.11 Å². The Labute approximate surface area is 166 Å². The lowest BCUT2D eigenvalue weighted by atomic mass is 9.88. The fraction of sp³-hybridized carbons (Fsp3) is 0.600. The minimum atomic E-state index is -4.23. The lowest BCUT2D eigenvalue weighted by molar-refractivity contribution is -0.167. The summed E-state index contributed by atoms with van der Waals surface area (Å²) in [5.74, 6) is -0.638. The van der Waals surface area contributed by atoms with Gasteiger partial charge in [0.05, 0.1) is 18.4 Å². The van der Waals surface area contributed by atoms with Crippen molar-refractivity contribution >= 4 is 21.9 Å². The fourth-order valence-electron chi connectivity index (χ4n) is 4.22. The first kappa shape index (κ1) is 20.6. The molecule has 1 fully saturated rings. The molecule has 3 rings (SSSR count). The van der Waals surface area contributed by atoms with Crippen molar-refractivity contribution < 1.29 is 27.5 Å². The normalized spacial score (nSPS) is 23.5. The van der Waals surface area contributed by atoms with E-state index in [4.69, 9.17) is 9.47 Å². The Kier molecular flexibility index (Phi) is 4.57. The molecule has 28 heavy (non-hydrogen) atoms. The molecular formula is C20H27NO6S. The van der Waals surface area contributed by atoms with Gasteiger partial charge in [-0.1, -0.05) is 0 Å². The predicted octanol–water partition coefficient (Wildman–Crippen LogP) is 2.57. The van der Waals surface area contributed by atoms with E-state index in [9.17, 15) is 18.0 Å². The monoisotopic (exact) mass is 409 g/mol. The van der Waals surface area contributed by atoms with E-state index in [2.05, 4.69) is 0 Å². The van der Waals surface area contributed by atoms with Crippen molar-refractivity contribution in [3.8, 4) is 5.75 Å². The number of hydrogen-bond acceptors (Lipinski definition) is 6. The minimum Gasteiger partial charge on any atom is -0.487 e. The minimum absolute atomic E-state index is 0.0789. The van der Waals surface area contributed by atoms with Gasteiger partial charge in [-0.2, -0.15) is 0 Å². The second-order valence-corrected chi connectivity index (χ2v) is 10.2. The summed E-state index contributed by atoms with van der Waals surface area (Å²) in [7, 11) is -3.05. The van der Waals surface area contributed by atoms with Gasteiger partial charge in [0, 0.05) is 0 Å². The molecule has 2 aliphatic heterocycles. The molecule has 0 saturated carbocycles. The molecule has 0 aliphatic carbocycles. The number of benzene rings is 1. The van der Waals surface area contributed by atoms with Crippen molar-refractivity contribution in [3.05, 3.63) is 22.3 Å². The Morgan fingerprint density at radius 2 is 1.71 bits per heavy atom. The fourth-order valence-corrected chi connectivity index (χ4v) is 6.46. The molecule has 0 radical (unpaired) electrons. The molecule has 8 heteroatoms. The molecule has 1 amide bonds. The first-order chi connectivity index (χ1) is 12.8. The van der Waals surface area contributed by atoms with E-state index in [0.29, 0.717) is 21.9 Å². The van der Waals surface area contributed by atoms with Crippen LogP contribution in [0.2, 0.25) is 0 Å². The molecule has 0 spiro atoms. The molecule has 7 nitrogen and oxygen atoms in total. The SMILES string of the molecule is COC(=O)[C@]1(C)CC(=O)N1S(=O)(=O)c1c(C)c(C)c2c(c1C)CCC(C)(C)O2. The number of rotatable bonds is 3. The van der Waals surface area contributed by atoms with Crippen molar-refractivity contribution in [1.29, 1.82) is 0 Å². The second-order valence-electron chi connectivity index (χ2n) is 8.48. The quantitative estimate of drug-likeness (QED) is 0.563. The van der Waals surface area contributed by atoms with Gasteiger partial charge in [-0.25, -0.2) is 17.5 Å². The third kappa shape index (κ3) is 2.72. The summed E-state index contributed by atoms with van der Waals surface area (Å²) in [5.41, 5.74) is 0.828. The van der Waals surface area contributed by atoms with Crippen LogP contribution < -0.4 is 4.74 Å². The van der Waals surface area contributed by atoms with Crippen molar-refractivity contribution in [1.82, 2.24) is 4.31 Å². The average molecular weight is 410 g/mol. The number of carbonyl (C=O) groups is 2.